The van der Waals surface area contributed by atoms with Crippen molar-refractivity contribution in [2.45, 2.75) is 89.1 Å². The minimum Gasteiger partial charge on any atom is -0.317 e. The lowest BCUT2D eigenvalue weighted by atomic mass is 9.81. The quantitative estimate of drug-likeness (QED) is 0.841. The van der Waals surface area contributed by atoms with Crippen LogP contribution in [-0.4, -0.2) is 32.3 Å². The van der Waals surface area contributed by atoms with E-state index >= 15 is 0 Å². The largest absolute Gasteiger partial charge is 0.317 e. The summed E-state index contributed by atoms with van der Waals surface area (Å²) in [5.74, 6) is 4.04. The number of rotatable bonds is 4. The number of hydrogen-bond donors (Lipinski definition) is 0. The molecule has 1 saturated heterocycles. The Bertz CT molecular complexity index is 513. The zero-order valence-corrected chi connectivity index (χ0v) is 14.7. The lowest BCUT2D eigenvalue weighted by Gasteiger charge is -2.37. The minimum absolute atomic E-state index is 0.694. The maximum Gasteiger partial charge on any atom is 0.146 e. The lowest BCUT2D eigenvalue weighted by Crippen LogP contribution is -2.41. The minimum atomic E-state index is 0.694. The van der Waals surface area contributed by atoms with Gasteiger partial charge in [0.15, 0.2) is 0 Å². The summed E-state index contributed by atoms with van der Waals surface area (Å²) in [6.07, 6.45) is 15.5. The fourth-order valence-electron chi connectivity index (χ4n) is 4.83. The summed E-state index contributed by atoms with van der Waals surface area (Å²) in [4.78, 5) is 2.77. The van der Waals surface area contributed by atoms with Gasteiger partial charge in [-0.2, -0.15) is 0 Å². The number of hydrogen-bond acceptors (Lipinski definition) is 3. The van der Waals surface area contributed by atoms with Crippen molar-refractivity contribution in [3.8, 4) is 0 Å². The molecule has 2 saturated carbocycles. The molecule has 0 radical (unpaired) electrons. The van der Waals surface area contributed by atoms with Gasteiger partial charge in [-0.15, -0.1) is 10.2 Å². The van der Waals surface area contributed by atoms with Crippen molar-refractivity contribution < 1.29 is 0 Å². The SMILES string of the molecule is Cn1c(CN2CCCCCC2C2CCCCC2)nnc1C1CC1. The highest BCUT2D eigenvalue weighted by Gasteiger charge is 2.32. The van der Waals surface area contributed by atoms with Crippen molar-refractivity contribution in [2.24, 2.45) is 13.0 Å². The first kappa shape index (κ1) is 15.6. The summed E-state index contributed by atoms with van der Waals surface area (Å²) in [6, 6.07) is 0.791. The van der Waals surface area contributed by atoms with Gasteiger partial charge >= 0.3 is 0 Å². The van der Waals surface area contributed by atoms with Gasteiger partial charge in [-0.05, 0) is 51.0 Å². The maximum absolute atomic E-state index is 4.55. The molecule has 3 fully saturated rings. The first-order valence-electron chi connectivity index (χ1n) is 9.95. The predicted molar refractivity (Wildman–Crippen MR) is 92.2 cm³/mol. The zero-order valence-electron chi connectivity index (χ0n) is 14.7. The maximum atomic E-state index is 4.55. The molecule has 0 spiro atoms. The van der Waals surface area contributed by atoms with Gasteiger partial charge in [0, 0.05) is 19.0 Å². The second-order valence-electron chi connectivity index (χ2n) is 8.09. The fourth-order valence-corrected chi connectivity index (χ4v) is 4.83. The number of likely N-dealkylation sites (tertiary alicyclic amines) is 1. The molecule has 4 nitrogen and oxygen atoms in total. The van der Waals surface area contributed by atoms with Crippen molar-refractivity contribution >= 4 is 0 Å². The summed E-state index contributed by atoms with van der Waals surface area (Å²) in [7, 11) is 2.18. The fraction of sp³-hybridized carbons (Fsp3) is 0.895. The van der Waals surface area contributed by atoms with Gasteiger partial charge in [-0.3, -0.25) is 4.90 Å². The molecule has 1 aliphatic heterocycles. The van der Waals surface area contributed by atoms with Gasteiger partial charge in [0.2, 0.25) is 0 Å². The molecule has 23 heavy (non-hydrogen) atoms. The van der Waals surface area contributed by atoms with E-state index in [1.54, 1.807) is 0 Å². The Morgan fingerprint density at radius 1 is 0.870 bits per heavy atom. The van der Waals surface area contributed by atoms with Crippen LogP contribution in [-0.2, 0) is 13.6 Å². The molecule has 0 aromatic carbocycles. The molecule has 2 heterocycles. The Hall–Kier alpha value is -0.900. The smallest absolute Gasteiger partial charge is 0.146 e. The van der Waals surface area contributed by atoms with Crippen molar-refractivity contribution in [2.75, 3.05) is 6.54 Å². The van der Waals surface area contributed by atoms with Crippen LogP contribution in [0.2, 0.25) is 0 Å². The van der Waals surface area contributed by atoms with Gasteiger partial charge in [0.25, 0.3) is 0 Å². The Labute approximate surface area is 140 Å². The van der Waals surface area contributed by atoms with E-state index in [-0.39, 0.29) is 0 Å². The van der Waals surface area contributed by atoms with Crippen molar-refractivity contribution in [3.63, 3.8) is 0 Å². The van der Waals surface area contributed by atoms with Crippen molar-refractivity contribution in [3.05, 3.63) is 11.6 Å². The molecule has 1 aromatic heterocycles. The Kier molecular flexibility index (Phi) is 4.70. The zero-order chi connectivity index (χ0) is 15.6. The van der Waals surface area contributed by atoms with E-state index in [1.807, 2.05) is 0 Å². The molecular formula is C19H32N4. The standard InChI is InChI=1S/C19H32N4/c1-22-18(20-21-19(22)16-11-12-16)14-23-13-7-3-6-10-17(23)15-8-4-2-5-9-15/h15-17H,2-14H2,1H3. The first-order chi connectivity index (χ1) is 11.3. The number of nitrogens with zero attached hydrogens (tertiary/aromatic N) is 4. The van der Waals surface area contributed by atoms with Crippen LogP contribution in [0.3, 0.4) is 0 Å². The third-order valence-electron chi connectivity index (χ3n) is 6.39. The summed E-state index contributed by atoms with van der Waals surface area (Å²) < 4.78 is 2.29. The number of aromatic nitrogens is 3. The van der Waals surface area contributed by atoms with E-state index in [0.717, 1.165) is 18.5 Å². The third-order valence-corrected chi connectivity index (χ3v) is 6.39. The van der Waals surface area contributed by atoms with E-state index in [4.69, 9.17) is 0 Å². The normalized spacial score (nSPS) is 28.0. The molecule has 1 aromatic rings. The molecule has 1 atom stereocenters. The molecule has 3 aliphatic rings. The topological polar surface area (TPSA) is 34.0 Å². The first-order valence-corrected chi connectivity index (χ1v) is 9.95. The summed E-state index contributed by atoms with van der Waals surface area (Å²) in [5.41, 5.74) is 0. The van der Waals surface area contributed by atoms with Crippen LogP contribution >= 0.6 is 0 Å². The molecule has 4 rings (SSSR count). The van der Waals surface area contributed by atoms with Crippen molar-refractivity contribution in [1.82, 2.24) is 19.7 Å². The van der Waals surface area contributed by atoms with Gasteiger partial charge in [0.1, 0.15) is 11.6 Å². The summed E-state index contributed by atoms with van der Waals surface area (Å²) in [5, 5.41) is 9.04. The third kappa shape index (κ3) is 3.47. The molecule has 4 heteroatoms. The monoisotopic (exact) mass is 316 g/mol. The van der Waals surface area contributed by atoms with Crippen molar-refractivity contribution in [1.29, 1.82) is 0 Å². The van der Waals surface area contributed by atoms with Gasteiger partial charge < -0.3 is 4.57 Å². The van der Waals surface area contributed by atoms with Crippen LogP contribution in [0.25, 0.3) is 0 Å². The average molecular weight is 316 g/mol. The van der Waals surface area contributed by atoms with Crippen LogP contribution in [0.15, 0.2) is 0 Å². The summed E-state index contributed by atoms with van der Waals surface area (Å²) >= 11 is 0. The molecule has 0 bridgehead atoms. The van der Waals surface area contributed by atoms with Crippen LogP contribution in [0, 0.1) is 5.92 Å². The van der Waals surface area contributed by atoms with E-state index < -0.39 is 0 Å². The van der Waals surface area contributed by atoms with Gasteiger partial charge in [0.05, 0.1) is 6.54 Å². The van der Waals surface area contributed by atoms with E-state index in [0.29, 0.717) is 5.92 Å². The Morgan fingerprint density at radius 3 is 2.39 bits per heavy atom. The molecule has 0 N–H and O–H groups in total. The Morgan fingerprint density at radius 2 is 1.61 bits per heavy atom. The van der Waals surface area contributed by atoms with E-state index in [1.165, 1.54) is 88.8 Å². The van der Waals surface area contributed by atoms with Crippen LogP contribution in [0.5, 0.6) is 0 Å². The highest BCUT2D eigenvalue weighted by Crippen LogP contribution is 2.39. The van der Waals surface area contributed by atoms with Crippen LogP contribution < -0.4 is 0 Å². The second kappa shape index (κ2) is 6.92. The lowest BCUT2D eigenvalue weighted by molar-refractivity contribution is 0.108. The van der Waals surface area contributed by atoms with Gasteiger partial charge in [-0.25, -0.2) is 0 Å². The van der Waals surface area contributed by atoms with Gasteiger partial charge in [-0.1, -0.05) is 32.1 Å². The van der Waals surface area contributed by atoms with E-state index in [2.05, 4.69) is 26.7 Å². The molecule has 1 unspecified atom stereocenters. The molecule has 2 aliphatic carbocycles. The predicted octanol–water partition coefficient (Wildman–Crippen LogP) is 4.02. The molecular weight excluding hydrogens is 284 g/mol. The summed E-state index contributed by atoms with van der Waals surface area (Å²) in [6.45, 7) is 2.27. The van der Waals surface area contributed by atoms with Crippen LogP contribution in [0.4, 0.5) is 0 Å². The molecule has 128 valence electrons. The second-order valence-corrected chi connectivity index (χ2v) is 8.09. The van der Waals surface area contributed by atoms with Crippen LogP contribution in [0.1, 0.15) is 88.2 Å². The Balaban J connectivity index is 1.49. The average Bonchev–Trinajstić information content (AvgIpc) is 3.38. The molecule has 0 amide bonds. The van der Waals surface area contributed by atoms with E-state index in [9.17, 15) is 0 Å². The highest BCUT2D eigenvalue weighted by atomic mass is 15.3. The highest BCUT2D eigenvalue weighted by molar-refractivity contribution is 5.08.